The SMILES string of the molecule is CCCCc1ncc(C=C2C(=O)N(Cc3csc(C)n3)C(=O)N2CCCC)n1Cc1ccc(C(=O)O)cc1. The van der Waals surface area contributed by atoms with Crippen molar-refractivity contribution in [3.05, 3.63) is 74.9 Å². The Bertz CT molecular complexity index is 1340. The van der Waals surface area contributed by atoms with Crippen molar-refractivity contribution in [3.63, 3.8) is 0 Å². The summed E-state index contributed by atoms with van der Waals surface area (Å²) in [6.07, 6.45) is 7.92. The molecule has 1 N–H and O–H groups in total. The van der Waals surface area contributed by atoms with E-state index in [0.717, 1.165) is 54.2 Å². The van der Waals surface area contributed by atoms with Crippen LogP contribution in [0.25, 0.3) is 6.08 Å². The number of hydrogen-bond donors (Lipinski definition) is 1. The summed E-state index contributed by atoms with van der Waals surface area (Å²) in [7, 11) is 0. The van der Waals surface area contributed by atoms with Gasteiger partial charge in [-0.05, 0) is 43.5 Å². The average molecular weight is 536 g/mol. The summed E-state index contributed by atoms with van der Waals surface area (Å²) in [4.78, 5) is 50.0. The summed E-state index contributed by atoms with van der Waals surface area (Å²) < 4.78 is 2.04. The fourth-order valence-electron chi connectivity index (χ4n) is 4.38. The molecule has 9 nitrogen and oxygen atoms in total. The molecule has 10 heteroatoms. The molecule has 1 aromatic carbocycles. The zero-order chi connectivity index (χ0) is 27.2. The second-order valence-electron chi connectivity index (χ2n) is 9.36. The highest BCUT2D eigenvalue weighted by atomic mass is 32.1. The van der Waals surface area contributed by atoms with Gasteiger partial charge in [-0.25, -0.2) is 19.6 Å². The van der Waals surface area contributed by atoms with Crippen molar-refractivity contribution in [2.24, 2.45) is 0 Å². The van der Waals surface area contributed by atoms with Gasteiger partial charge in [0.25, 0.3) is 5.91 Å². The van der Waals surface area contributed by atoms with Crippen molar-refractivity contribution in [2.45, 2.75) is 66.0 Å². The second kappa shape index (κ2) is 12.2. The van der Waals surface area contributed by atoms with E-state index in [4.69, 9.17) is 0 Å². The first-order valence-electron chi connectivity index (χ1n) is 12.9. The van der Waals surface area contributed by atoms with Crippen LogP contribution in [0.5, 0.6) is 0 Å². The molecule has 1 fully saturated rings. The molecule has 0 bridgehead atoms. The number of amides is 3. The lowest BCUT2D eigenvalue weighted by Gasteiger charge is -2.17. The van der Waals surface area contributed by atoms with Crippen molar-refractivity contribution in [1.82, 2.24) is 24.3 Å². The number of hydrogen-bond acceptors (Lipinski definition) is 6. The van der Waals surface area contributed by atoms with Crippen LogP contribution >= 0.6 is 11.3 Å². The molecule has 0 radical (unpaired) electrons. The van der Waals surface area contributed by atoms with Crippen LogP contribution in [0, 0.1) is 6.92 Å². The summed E-state index contributed by atoms with van der Waals surface area (Å²) in [6, 6.07) is 6.42. The third kappa shape index (κ3) is 6.02. The predicted octanol–water partition coefficient (Wildman–Crippen LogP) is 5.34. The van der Waals surface area contributed by atoms with Gasteiger partial charge in [0.05, 0.1) is 34.7 Å². The maximum absolute atomic E-state index is 13.5. The summed E-state index contributed by atoms with van der Waals surface area (Å²) in [6.45, 7) is 7.12. The van der Waals surface area contributed by atoms with Crippen LogP contribution in [0.4, 0.5) is 4.79 Å². The molecule has 3 aromatic rings. The molecule has 1 saturated heterocycles. The van der Waals surface area contributed by atoms with E-state index in [1.165, 1.54) is 16.2 Å². The molecular weight excluding hydrogens is 502 g/mol. The summed E-state index contributed by atoms with van der Waals surface area (Å²) in [5, 5.41) is 12.0. The first-order chi connectivity index (χ1) is 18.3. The molecule has 4 rings (SSSR count). The number of imidazole rings is 1. The monoisotopic (exact) mass is 535 g/mol. The molecule has 0 saturated carbocycles. The van der Waals surface area contributed by atoms with E-state index in [0.29, 0.717) is 24.5 Å². The van der Waals surface area contributed by atoms with Gasteiger partial charge in [0.15, 0.2) is 0 Å². The Morgan fingerprint density at radius 2 is 1.79 bits per heavy atom. The second-order valence-corrected chi connectivity index (χ2v) is 10.4. The number of carboxylic acids is 1. The Kier molecular flexibility index (Phi) is 8.73. The van der Waals surface area contributed by atoms with E-state index in [2.05, 4.69) is 16.9 Å². The number of rotatable bonds is 12. The highest BCUT2D eigenvalue weighted by Gasteiger charge is 2.41. The van der Waals surface area contributed by atoms with Crippen molar-refractivity contribution < 1.29 is 19.5 Å². The predicted molar refractivity (Wildman–Crippen MR) is 146 cm³/mol. The zero-order valence-corrected chi connectivity index (χ0v) is 22.8. The van der Waals surface area contributed by atoms with Gasteiger partial charge in [0.2, 0.25) is 0 Å². The zero-order valence-electron chi connectivity index (χ0n) is 22.0. The molecule has 0 spiro atoms. The van der Waals surface area contributed by atoms with E-state index in [-0.39, 0.29) is 24.0 Å². The van der Waals surface area contributed by atoms with Gasteiger partial charge in [-0.1, -0.05) is 38.8 Å². The topological polar surface area (TPSA) is 109 Å². The van der Waals surface area contributed by atoms with Crippen molar-refractivity contribution in [2.75, 3.05) is 6.54 Å². The number of carboxylic acid groups (broad SMARTS) is 1. The largest absolute Gasteiger partial charge is 0.478 e. The minimum absolute atomic E-state index is 0.138. The van der Waals surface area contributed by atoms with Gasteiger partial charge in [-0.2, -0.15) is 0 Å². The van der Waals surface area contributed by atoms with Crippen LogP contribution in [0.15, 0.2) is 41.5 Å². The molecule has 1 aliphatic heterocycles. The number of urea groups is 1. The van der Waals surface area contributed by atoms with Crippen molar-refractivity contribution >= 4 is 35.3 Å². The number of nitrogens with zero attached hydrogens (tertiary/aromatic N) is 5. The Hall–Kier alpha value is -3.79. The third-order valence-corrected chi connectivity index (χ3v) is 7.31. The highest BCUT2D eigenvalue weighted by Crippen LogP contribution is 2.27. The Balaban J connectivity index is 1.69. The van der Waals surface area contributed by atoms with Crippen LogP contribution in [-0.2, 0) is 24.3 Å². The molecule has 0 atom stereocenters. The van der Waals surface area contributed by atoms with Crippen molar-refractivity contribution in [3.8, 4) is 0 Å². The Morgan fingerprint density at radius 3 is 2.42 bits per heavy atom. The maximum Gasteiger partial charge on any atom is 0.335 e. The summed E-state index contributed by atoms with van der Waals surface area (Å²) in [5.74, 6) is -0.430. The number of unbranched alkanes of at least 4 members (excludes halogenated alkanes) is 2. The number of carbonyl (C=O) groups excluding carboxylic acids is 2. The molecule has 200 valence electrons. The van der Waals surface area contributed by atoms with Gasteiger partial charge in [0.1, 0.15) is 11.5 Å². The number of aromatic carboxylic acids is 1. The quantitative estimate of drug-likeness (QED) is 0.248. The van der Waals surface area contributed by atoms with Crippen LogP contribution < -0.4 is 0 Å². The van der Waals surface area contributed by atoms with E-state index in [9.17, 15) is 19.5 Å². The van der Waals surface area contributed by atoms with Crippen LogP contribution in [0.1, 0.15) is 77.7 Å². The lowest BCUT2D eigenvalue weighted by Crippen LogP contribution is -2.33. The molecule has 3 heterocycles. The molecule has 0 unspecified atom stereocenters. The van der Waals surface area contributed by atoms with E-state index < -0.39 is 5.97 Å². The third-order valence-electron chi connectivity index (χ3n) is 6.49. The smallest absolute Gasteiger partial charge is 0.335 e. The maximum atomic E-state index is 13.5. The first kappa shape index (κ1) is 27.3. The molecule has 38 heavy (non-hydrogen) atoms. The van der Waals surface area contributed by atoms with Gasteiger partial charge >= 0.3 is 12.0 Å². The Morgan fingerprint density at radius 1 is 1.05 bits per heavy atom. The lowest BCUT2D eigenvalue weighted by atomic mass is 10.1. The highest BCUT2D eigenvalue weighted by molar-refractivity contribution is 7.09. The van der Waals surface area contributed by atoms with Gasteiger partial charge in [-0.3, -0.25) is 14.6 Å². The minimum atomic E-state index is -0.970. The molecule has 0 aliphatic carbocycles. The minimum Gasteiger partial charge on any atom is -0.478 e. The first-order valence-corrected chi connectivity index (χ1v) is 13.8. The lowest BCUT2D eigenvalue weighted by molar-refractivity contribution is -0.123. The fourth-order valence-corrected chi connectivity index (χ4v) is 4.98. The molecule has 3 amide bonds. The van der Waals surface area contributed by atoms with Gasteiger partial charge < -0.3 is 9.67 Å². The summed E-state index contributed by atoms with van der Waals surface area (Å²) in [5.41, 5.74) is 2.90. The van der Waals surface area contributed by atoms with Gasteiger partial charge in [-0.15, -0.1) is 11.3 Å². The van der Waals surface area contributed by atoms with Crippen LogP contribution in [0.3, 0.4) is 0 Å². The molecular formula is C28H33N5O4S. The standard InChI is InChI=1S/C28H33N5O4S/c1-4-6-8-25-29-15-23(32(25)16-20-9-11-21(12-10-20)27(35)36)14-24-26(34)33(17-22-18-38-19(3)30-22)28(37)31(24)13-7-5-2/h9-12,14-15,18H,4-8,13,16-17H2,1-3H3,(H,35,36). The van der Waals surface area contributed by atoms with Crippen LogP contribution in [0.2, 0.25) is 0 Å². The normalized spacial score (nSPS) is 14.8. The molecule has 2 aromatic heterocycles. The molecule has 1 aliphatic rings. The van der Waals surface area contributed by atoms with Crippen LogP contribution in [-0.4, -0.2) is 53.9 Å². The van der Waals surface area contributed by atoms with E-state index >= 15 is 0 Å². The number of aromatic nitrogens is 3. The number of imide groups is 1. The Labute approximate surface area is 226 Å². The van der Waals surface area contributed by atoms with E-state index in [1.54, 1.807) is 41.4 Å². The summed E-state index contributed by atoms with van der Waals surface area (Å²) >= 11 is 1.49. The van der Waals surface area contributed by atoms with E-state index in [1.807, 2.05) is 23.8 Å². The number of thiazole rings is 1. The number of benzene rings is 1. The fraction of sp³-hybridized carbons (Fsp3) is 0.393. The number of aryl methyl sites for hydroxylation is 2. The average Bonchev–Trinajstić information content (AvgIpc) is 3.55. The van der Waals surface area contributed by atoms with Gasteiger partial charge in [0, 0.05) is 24.9 Å². The number of carbonyl (C=O) groups is 3. The van der Waals surface area contributed by atoms with Crippen molar-refractivity contribution in [1.29, 1.82) is 0 Å².